The monoisotopic (exact) mass is 281 g/mol. The summed E-state index contributed by atoms with van der Waals surface area (Å²) in [5, 5.41) is 4.27. The zero-order chi connectivity index (χ0) is 13.7. The summed E-state index contributed by atoms with van der Waals surface area (Å²) in [6, 6.07) is 5.77. The van der Waals surface area contributed by atoms with Crippen molar-refractivity contribution < 1.29 is 4.74 Å². The SMILES string of the molecule is CCOc1ccc(Cl)cc1NCC1CCC(C)CC1. The molecular weight excluding hydrogens is 258 g/mol. The molecular formula is C16H24ClNO. The molecule has 1 saturated carbocycles. The van der Waals surface area contributed by atoms with Crippen LogP contribution in [-0.2, 0) is 0 Å². The molecule has 2 nitrogen and oxygen atoms in total. The van der Waals surface area contributed by atoms with Gasteiger partial charge in [0.05, 0.1) is 12.3 Å². The Hall–Kier alpha value is -0.890. The van der Waals surface area contributed by atoms with Crippen LogP contribution in [0.25, 0.3) is 0 Å². The maximum atomic E-state index is 6.06. The van der Waals surface area contributed by atoms with Crippen LogP contribution in [0, 0.1) is 11.8 Å². The van der Waals surface area contributed by atoms with Crippen molar-refractivity contribution in [2.75, 3.05) is 18.5 Å². The minimum atomic E-state index is 0.678. The summed E-state index contributed by atoms with van der Waals surface area (Å²) < 4.78 is 5.63. The first kappa shape index (κ1) is 14.5. The smallest absolute Gasteiger partial charge is 0.142 e. The highest BCUT2D eigenvalue weighted by Gasteiger charge is 2.18. The van der Waals surface area contributed by atoms with Gasteiger partial charge in [0.2, 0.25) is 0 Å². The first-order valence-corrected chi connectivity index (χ1v) is 7.73. The molecule has 0 amide bonds. The third kappa shape index (κ3) is 4.31. The van der Waals surface area contributed by atoms with Gasteiger partial charge in [0, 0.05) is 11.6 Å². The van der Waals surface area contributed by atoms with E-state index in [0.717, 1.165) is 34.8 Å². The Bertz CT molecular complexity index is 400. The van der Waals surface area contributed by atoms with E-state index >= 15 is 0 Å². The fraction of sp³-hybridized carbons (Fsp3) is 0.625. The molecule has 1 aliphatic carbocycles. The van der Waals surface area contributed by atoms with Gasteiger partial charge in [0.15, 0.2) is 0 Å². The second kappa shape index (κ2) is 7.04. The molecule has 3 heteroatoms. The van der Waals surface area contributed by atoms with Crippen LogP contribution < -0.4 is 10.1 Å². The normalized spacial score (nSPS) is 23.1. The molecule has 106 valence electrons. The highest BCUT2D eigenvalue weighted by molar-refractivity contribution is 6.30. The third-order valence-corrected chi connectivity index (χ3v) is 4.19. The summed E-state index contributed by atoms with van der Waals surface area (Å²) >= 11 is 6.06. The summed E-state index contributed by atoms with van der Waals surface area (Å²) in [6.07, 6.45) is 5.39. The largest absolute Gasteiger partial charge is 0.492 e. The summed E-state index contributed by atoms with van der Waals surface area (Å²) in [6.45, 7) is 6.05. The lowest BCUT2D eigenvalue weighted by Gasteiger charge is -2.27. The van der Waals surface area contributed by atoms with Gasteiger partial charge in [-0.05, 0) is 49.8 Å². The first-order chi connectivity index (χ1) is 9.19. The number of hydrogen-bond acceptors (Lipinski definition) is 2. The standard InChI is InChI=1S/C16H24ClNO/c1-3-19-16-9-8-14(17)10-15(16)18-11-13-6-4-12(2)5-7-13/h8-10,12-13,18H,3-7,11H2,1-2H3. The van der Waals surface area contributed by atoms with Crippen LogP contribution in [0.3, 0.4) is 0 Å². The number of halogens is 1. The van der Waals surface area contributed by atoms with E-state index in [0.29, 0.717) is 6.61 Å². The Morgan fingerprint density at radius 1 is 1.26 bits per heavy atom. The molecule has 2 rings (SSSR count). The van der Waals surface area contributed by atoms with Crippen LogP contribution in [0.4, 0.5) is 5.69 Å². The molecule has 0 aliphatic heterocycles. The number of rotatable bonds is 5. The maximum absolute atomic E-state index is 6.06. The Morgan fingerprint density at radius 3 is 2.68 bits per heavy atom. The average molecular weight is 282 g/mol. The van der Waals surface area contributed by atoms with Gasteiger partial charge in [0.1, 0.15) is 5.75 Å². The van der Waals surface area contributed by atoms with Gasteiger partial charge < -0.3 is 10.1 Å². The molecule has 19 heavy (non-hydrogen) atoms. The van der Waals surface area contributed by atoms with Crippen molar-refractivity contribution in [2.45, 2.75) is 39.5 Å². The fourth-order valence-corrected chi connectivity index (χ4v) is 2.88. The first-order valence-electron chi connectivity index (χ1n) is 7.35. The van der Waals surface area contributed by atoms with Crippen LogP contribution in [0.15, 0.2) is 18.2 Å². The predicted molar refractivity (Wildman–Crippen MR) is 82.2 cm³/mol. The third-order valence-electron chi connectivity index (χ3n) is 3.96. The molecule has 0 bridgehead atoms. The molecule has 1 aliphatic rings. The lowest BCUT2D eigenvalue weighted by Crippen LogP contribution is -2.20. The van der Waals surface area contributed by atoms with Crippen molar-refractivity contribution in [1.29, 1.82) is 0 Å². The second-order valence-electron chi connectivity index (χ2n) is 5.58. The van der Waals surface area contributed by atoms with Crippen LogP contribution in [0.1, 0.15) is 39.5 Å². The van der Waals surface area contributed by atoms with E-state index in [-0.39, 0.29) is 0 Å². The van der Waals surface area contributed by atoms with Crippen molar-refractivity contribution in [3.63, 3.8) is 0 Å². The van der Waals surface area contributed by atoms with E-state index < -0.39 is 0 Å². The van der Waals surface area contributed by atoms with E-state index in [1.165, 1.54) is 25.7 Å². The molecule has 1 N–H and O–H groups in total. The summed E-state index contributed by atoms with van der Waals surface area (Å²) in [7, 11) is 0. The zero-order valence-corrected chi connectivity index (χ0v) is 12.7. The van der Waals surface area contributed by atoms with Gasteiger partial charge in [-0.2, -0.15) is 0 Å². The molecule has 0 saturated heterocycles. The molecule has 0 atom stereocenters. The maximum Gasteiger partial charge on any atom is 0.142 e. The lowest BCUT2D eigenvalue weighted by molar-refractivity contribution is 0.300. The van der Waals surface area contributed by atoms with Gasteiger partial charge >= 0.3 is 0 Å². The Labute approximate surface area is 121 Å². The highest BCUT2D eigenvalue weighted by atomic mass is 35.5. The van der Waals surface area contributed by atoms with Crippen molar-refractivity contribution in [3.05, 3.63) is 23.2 Å². The van der Waals surface area contributed by atoms with Crippen molar-refractivity contribution in [1.82, 2.24) is 0 Å². The van der Waals surface area contributed by atoms with Crippen LogP contribution >= 0.6 is 11.6 Å². The predicted octanol–water partition coefficient (Wildman–Crippen LogP) is 4.98. The Morgan fingerprint density at radius 2 is 2.00 bits per heavy atom. The summed E-state index contributed by atoms with van der Waals surface area (Å²) in [5.41, 5.74) is 1.02. The van der Waals surface area contributed by atoms with Crippen molar-refractivity contribution in [2.24, 2.45) is 11.8 Å². The van der Waals surface area contributed by atoms with E-state index in [4.69, 9.17) is 16.3 Å². The zero-order valence-electron chi connectivity index (χ0n) is 11.9. The van der Waals surface area contributed by atoms with E-state index in [2.05, 4.69) is 12.2 Å². The lowest BCUT2D eigenvalue weighted by atomic mass is 9.83. The molecule has 1 fully saturated rings. The Kier molecular flexibility index (Phi) is 5.38. The topological polar surface area (TPSA) is 21.3 Å². The molecule has 0 unspecified atom stereocenters. The van der Waals surface area contributed by atoms with Crippen LogP contribution in [-0.4, -0.2) is 13.2 Å². The van der Waals surface area contributed by atoms with Crippen molar-refractivity contribution >= 4 is 17.3 Å². The number of hydrogen-bond donors (Lipinski definition) is 1. The minimum Gasteiger partial charge on any atom is -0.492 e. The van der Waals surface area contributed by atoms with Crippen molar-refractivity contribution in [3.8, 4) is 5.75 Å². The van der Waals surface area contributed by atoms with Crippen LogP contribution in [0.5, 0.6) is 5.75 Å². The van der Waals surface area contributed by atoms with E-state index in [1.54, 1.807) is 0 Å². The second-order valence-corrected chi connectivity index (χ2v) is 6.02. The number of nitrogens with one attached hydrogen (secondary N) is 1. The van der Waals surface area contributed by atoms with Gasteiger partial charge in [-0.25, -0.2) is 0 Å². The van der Waals surface area contributed by atoms with Gasteiger partial charge in [-0.15, -0.1) is 0 Å². The van der Waals surface area contributed by atoms with Gasteiger partial charge in [-0.1, -0.05) is 31.4 Å². The summed E-state index contributed by atoms with van der Waals surface area (Å²) in [5.74, 6) is 2.59. The molecule has 0 spiro atoms. The highest BCUT2D eigenvalue weighted by Crippen LogP contribution is 2.31. The van der Waals surface area contributed by atoms with Crippen LogP contribution in [0.2, 0.25) is 5.02 Å². The molecule has 1 aromatic carbocycles. The molecule has 0 radical (unpaired) electrons. The average Bonchev–Trinajstić information content (AvgIpc) is 2.41. The molecule has 0 heterocycles. The summed E-state index contributed by atoms with van der Waals surface area (Å²) in [4.78, 5) is 0. The number of anilines is 1. The fourth-order valence-electron chi connectivity index (χ4n) is 2.71. The minimum absolute atomic E-state index is 0.678. The quantitative estimate of drug-likeness (QED) is 0.822. The van der Waals surface area contributed by atoms with Gasteiger partial charge in [-0.3, -0.25) is 0 Å². The van der Waals surface area contributed by atoms with Gasteiger partial charge in [0.25, 0.3) is 0 Å². The molecule has 1 aromatic rings. The molecule has 0 aromatic heterocycles. The van der Waals surface area contributed by atoms with E-state index in [9.17, 15) is 0 Å². The Balaban J connectivity index is 1.92. The number of ether oxygens (including phenoxy) is 1. The number of benzene rings is 1. The van der Waals surface area contributed by atoms with E-state index in [1.807, 2.05) is 25.1 Å².